The third-order valence-electron chi connectivity index (χ3n) is 1.87. The van der Waals surface area contributed by atoms with Gasteiger partial charge in [0.15, 0.2) is 11.6 Å². The average Bonchev–Trinajstić information content (AvgIpc) is 2.23. The Morgan fingerprint density at radius 1 is 1.20 bits per heavy atom. The van der Waals surface area contributed by atoms with E-state index in [1.54, 1.807) is 6.92 Å². The van der Waals surface area contributed by atoms with E-state index in [1.165, 1.54) is 12.1 Å². The summed E-state index contributed by atoms with van der Waals surface area (Å²) in [7, 11) is 0. The van der Waals surface area contributed by atoms with Gasteiger partial charge >= 0.3 is 0 Å². The van der Waals surface area contributed by atoms with Gasteiger partial charge in [-0.15, -0.1) is 0 Å². The van der Waals surface area contributed by atoms with Crippen LogP contribution in [0.4, 0.5) is 4.39 Å². The number of aliphatic hydroxyl groups is 1. The second kappa shape index (κ2) is 5.56. The summed E-state index contributed by atoms with van der Waals surface area (Å²) in [5, 5.41) is 8.95. The number of hydrogen-bond acceptors (Lipinski definition) is 3. The van der Waals surface area contributed by atoms with E-state index in [0.717, 1.165) is 0 Å². The molecule has 0 aromatic heterocycles. The summed E-state index contributed by atoms with van der Waals surface area (Å²) >= 11 is 0. The van der Waals surface area contributed by atoms with Gasteiger partial charge in [-0.25, -0.2) is 4.39 Å². The van der Waals surface area contributed by atoms with Gasteiger partial charge in [0.05, 0.1) is 19.8 Å². The van der Waals surface area contributed by atoms with Crippen molar-refractivity contribution < 1.29 is 19.0 Å². The summed E-state index contributed by atoms with van der Waals surface area (Å²) < 4.78 is 23.9. The first-order valence-corrected chi connectivity index (χ1v) is 4.91. The molecule has 0 atom stereocenters. The van der Waals surface area contributed by atoms with Crippen LogP contribution in [0.2, 0.25) is 0 Å². The number of aliphatic hydroxyl groups excluding tert-OH is 1. The van der Waals surface area contributed by atoms with Crippen LogP contribution in [0, 0.1) is 5.82 Å². The summed E-state index contributed by atoms with van der Waals surface area (Å²) in [6.07, 6.45) is 0. The Kier molecular flexibility index (Phi) is 4.37. The molecule has 3 nitrogen and oxygen atoms in total. The largest absolute Gasteiger partial charge is 0.494 e. The molecule has 84 valence electrons. The molecule has 0 aliphatic carbocycles. The summed E-state index contributed by atoms with van der Waals surface area (Å²) in [6, 6.07) is 2.96. The smallest absolute Gasteiger partial charge is 0.170 e. The Morgan fingerprint density at radius 2 is 1.87 bits per heavy atom. The fourth-order valence-electron chi connectivity index (χ4n) is 1.25. The molecule has 0 fully saturated rings. The third-order valence-corrected chi connectivity index (χ3v) is 1.87. The second-order valence-electron chi connectivity index (χ2n) is 2.92. The summed E-state index contributed by atoms with van der Waals surface area (Å²) in [4.78, 5) is 0. The molecular weight excluding hydrogens is 199 g/mol. The lowest BCUT2D eigenvalue weighted by atomic mass is 10.2. The molecule has 0 spiro atoms. The predicted molar refractivity (Wildman–Crippen MR) is 54.7 cm³/mol. The number of hydrogen-bond donors (Lipinski definition) is 1. The lowest BCUT2D eigenvalue weighted by Gasteiger charge is -2.11. The number of halogens is 1. The van der Waals surface area contributed by atoms with E-state index in [9.17, 15) is 4.39 Å². The van der Waals surface area contributed by atoms with E-state index in [4.69, 9.17) is 14.6 Å². The van der Waals surface area contributed by atoms with E-state index in [0.29, 0.717) is 19.0 Å². The van der Waals surface area contributed by atoms with Crippen molar-refractivity contribution in [1.29, 1.82) is 0 Å². The lowest BCUT2D eigenvalue weighted by Crippen LogP contribution is -2.01. The maximum atomic E-state index is 13.5. The van der Waals surface area contributed by atoms with E-state index < -0.39 is 5.82 Å². The van der Waals surface area contributed by atoms with Gasteiger partial charge in [0.2, 0.25) is 0 Å². The van der Waals surface area contributed by atoms with Gasteiger partial charge in [0.25, 0.3) is 0 Å². The van der Waals surface area contributed by atoms with E-state index in [1.807, 2.05) is 6.92 Å². The van der Waals surface area contributed by atoms with E-state index in [-0.39, 0.29) is 17.9 Å². The highest BCUT2D eigenvalue weighted by Gasteiger charge is 2.11. The van der Waals surface area contributed by atoms with Crippen molar-refractivity contribution in [2.24, 2.45) is 0 Å². The molecule has 0 heterocycles. The first-order valence-electron chi connectivity index (χ1n) is 4.91. The fraction of sp³-hybridized carbons (Fsp3) is 0.455. The molecule has 15 heavy (non-hydrogen) atoms. The van der Waals surface area contributed by atoms with Gasteiger partial charge in [-0.2, -0.15) is 0 Å². The highest BCUT2D eigenvalue weighted by atomic mass is 19.1. The van der Waals surface area contributed by atoms with Crippen LogP contribution in [0.5, 0.6) is 11.5 Å². The zero-order chi connectivity index (χ0) is 11.3. The number of ether oxygens (including phenoxy) is 2. The van der Waals surface area contributed by atoms with Crippen molar-refractivity contribution in [2.45, 2.75) is 20.5 Å². The minimum atomic E-state index is -0.525. The first-order chi connectivity index (χ1) is 7.22. The molecule has 0 amide bonds. The van der Waals surface area contributed by atoms with Crippen LogP contribution in [0.3, 0.4) is 0 Å². The molecule has 1 aromatic carbocycles. The second-order valence-corrected chi connectivity index (χ2v) is 2.92. The molecule has 1 rings (SSSR count). The van der Waals surface area contributed by atoms with Crippen LogP contribution in [-0.2, 0) is 6.61 Å². The molecule has 0 aliphatic rings. The van der Waals surface area contributed by atoms with Crippen LogP contribution in [0.1, 0.15) is 19.4 Å². The van der Waals surface area contributed by atoms with Crippen LogP contribution in [-0.4, -0.2) is 18.3 Å². The highest BCUT2D eigenvalue weighted by molar-refractivity contribution is 5.39. The minimum Gasteiger partial charge on any atom is -0.494 e. The third kappa shape index (κ3) is 2.83. The Labute approximate surface area is 88.4 Å². The zero-order valence-electron chi connectivity index (χ0n) is 8.92. The van der Waals surface area contributed by atoms with Crippen molar-refractivity contribution in [2.75, 3.05) is 13.2 Å². The normalized spacial score (nSPS) is 10.1. The Bertz CT molecular complexity index is 326. The maximum absolute atomic E-state index is 13.5. The van der Waals surface area contributed by atoms with E-state index in [2.05, 4.69) is 0 Å². The SMILES string of the molecule is CCOc1cc(CO)c(F)c(OCC)c1. The number of benzene rings is 1. The first kappa shape index (κ1) is 11.8. The van der Waals surface area contributed by atoms with Crippen LogP contribution >= 0.6 is 0 Å². The summed E-state index contributed by atoms with van der Waals surface area (Å²) in [5.74, 6) is 0.0988. The van der Waals surface area contributed by atoms with Crippen molar-refractivity contribution in [3.63, 3.8) is 0 Å². The quantitative estimate of drug-likeness (QED) is 0.815. The highest BCUT2D eigenvalue weighted by Crippen LogP contribution is 2.27. The molecule has 0 saturated carbocycles. The maximum Gasteiger partial charge on any atom is 0.170 e. The lowest BCUT2D eigenvalue weighted by molar-refractivity contribution is 0.265. The molecule has 0 bridgehead atoms. The van der Waals surface area contributed by atoms with Crippen molar-refractivity contribution >= 4 is 0 Å². The molecule has 0 aliphatic heterocycles. The Morgan fingerprint density at radius 3 is 2.40 bits per heavy atom. The molecule has 1 N–H and O–H groups in total. The standard InChI is InChI=1S/C11H15FO3/c1-3-14-9-5-8(7-13)11(12)10(6-9)15-4-2/h5-6,13H,3-4,7H2,1-2H3. The van der Waals surface area contributed by atoms with Gasteiger partial charge in [0.1, 0.15) is 5.75 Å². The minimum absolute atomic E-state index is 0.118. The predicted octanol–water partition coefficient (Wildman–Crippen LogP) is 2.12. The van der Waals surface area contributed by atoms with E-state index >= 15 is 0 Å². The van der Waals surface area contributed by atoms with Gasteiger partial charge in [-0.05, 0) is 19.9 Å². The number of rotatable bonds is 5. The van der Waals surface area contributed by atoms with Gasteiger partial charge < -0.3 is 14.6 Å². The molecule has 1 aromatic rings. The molecule has 4 heteroatoms. The van der Waals surface area contributed by atoms with Crippen LogP contribution < -0.4 is 9.47 Å². The zero-order valence-corrected chi connectivity index (χ0v) is 8.92. The molecule has 0 unspecified atom stereocenters. The molecular formula is C11H15FO3. The monoisotopic (exact) mass is 214 g/mol. The molecule has 0 radical (unpaired) electrons. The average molecular weight is 214 g/mol. The van der Waals surface area contributed by atoms with Crippen LogP contribution in [0.15, 0.2) is 12.1 Å². The van der Waals surface area contributed by atoms with Crippen molar-refractivity contribution in [3.8, 4) is 11.5 Å². The Balaban J connectivity index is 3.07. The Hall–Kier alpha value is -1.29. The van der Waals surface area contributed by atoms with Crippen molar-refractivity contribution in [1.82, 2.24) is 0 Å². The van der Waals surface area contributed by atoms with Crippen molar-refractivity contribution in [3.05, 3.63) is 23.5 Å². The molecule has 0 saturated heterocycles. The van der Waals surface area contributed by atoms with Gasteiger partial charge in [0, 0.05) is 11.6 Å². The summed E-state index contributed by atoms with van der Waals surface area (Å²) in [6.45, 7) is 4.10. The topological polar surface area (TPSA) is 38.7 Å². The van der Waals surface area contributed by atoms with Gasteiger partial charge in [-0.1, -0.05) is 0 Å². The summed E-state index contributed by atoms with van der Waals surface area (Å²) in [5.41, 5.74) is 0.185. The van der Waals surface area contributed by atoms with Crippen LogP contribution in [0.25, 0.3) is 0 Å². The fourth-order valence-corrected chi connectivity index (χ4v) is 1.25. The van der Waals surface area contributed by atoms with Gasteiger partial charge in [-0.3, -0.25) is 0 Å².